The Morgan fingerprint density at radius 3 is 2.56 bits per heavy atom. The third kappa shape index (κ3) is 3.49. The lowest BCUT2D eigenvalue weighted by Gasteiger charge is -2.31. The summed E-state index contributed by atoms with van der Waals surface area (Å²) in [6.07, 6.45) is 4.07. The van der Waals surface area contributed by atoms with Gasteiger partial charge in [0.05, 0.1) is 0 Å². The number of benzene rings is 1. The van der Waals surface area contributed by atoms with Crippen LogP contribution in [0.1, 0.15) is 44.2 Å². The minimum Gasteiger partial charge on any atom is -0.371 e. The smallest absolute Gasteiger partial charge is 0.0412 e. The Bertz CT molecular complexity index is 379. The molecule has 1 N–H and O–H groups in total. The van der Waals surface area contributed by atoms with E-state index in [1.54, 1.807) is 0 Å². The van der Waals surface area contributed by atoms with Crippen molar-refractivity contribution >= 4 is 5.69 Å². The van der Waals surface area contributed by atoms with Crippen LogP contribution < -0.4 is 10.2 Å². The number of nitrogens with one attached hydrogen (secondary N) is 1. The van der Waals surface area contributed by atoms with Gasteiger partial charge < -0.3 is 10.2 Å². The molecule has 1 aromatic carbocycles. The van der Waals surface area contributed by atoms with E-state index in [0.717, 1.165) is 6.54 Å². The SMILES string of the molecule is Cc1ccc(N2CCCCC2)c(CNC(C)C)c1. The number of nitrogens with zero attached hydrogens (tertiary/aromatic N) is 1. The third-order valence-corrected chi connectivity index (χ3v) is 3.63. The molecule has 100 valence electrons. The monoisotopic (exact) mass is 246 g/mol. The molecule has 0 bridgehead atoms. The van der Waals surface area contributed by atoms with E-state index in [9.17, 15) is 0 Å². The minimum absolute atomic E-state index is 0.541. The van der Waals surface area contributed by atoms with Crippen molar-refractivity contribution in [3.05, 3.63) is 29.3 Å². The van der Waals surface area contributed by atoms with Crippen LogP contribution >= 0.6 is 0 Å². The Kier molecular flexibility index (Phi) is 4.65. The van der Waals surface area contributed by atoms with Gasteiger partial charge in [-0.2, -0.15) is 0 Å². The van der Waals surface area contributed by atoms with Gasteiger partial charge in [0.1, 0.15) is 0 Å². The van der Waals surface area contributed by atoms with Gasteiger partial charge in [-0.3, -0.25) is 0 Å². The molecule has 0 spiro atoms. The van der Waals surface area contributed by atoms with Crippen LogP contribution in [-0.4, -0.2) is 19.1 Å². The van der Waals surface area contributed by atoms with Gasteiger partial charge >= 0.3 is 0 Å². The van der Waals surface area contributed by atoms with E-state index in [4.69, 9.17) is 0 Å². The first-order chi connectivity index (χ1) is 8.66. The van der Waals surface area contributed by atoms with E-state index in [1.807, 2.05) is 0 Å². The largest absolute Gasteiger partial charge is 0.371 e. The van der Waals surface area contributed by atoms with Crippen molar-refractivity contribution in [3.8, 4) is 0 Å². The molecule has 1 aliphatic rings. The average molecular weight is 246 g/mol. The number of hydrogen-bond acceptors (Lipinski definition) is 2. The predicted molar refractivity (Wildman–Crippen MR) is 79.2 cm³/mol. The molecule has 0 saturated carbocycles. The zero-order valence-corrected chi connectivity index (χ0v) is 12.0. The first-order valence-electron chi connectivity index (χ1n) is 7.24. The van der Waals surface area contributed by atoms with Gasteiger partial charge in [-0.15, -0.1) is 0 Å². The summed E-state index contributed by atoms with van der Waals surface area (Å²) in [5, 5.41) is 3.54. The summed E-state index contributed by atoms with van der Waals surface area (Å²) in [5.74, 6) is 0. The lowest BCUT2D eigenvalue weighted by atomic mass is 10.0. The number of aryl methyl sites for hydroxylation is 1. The van der Waals surface area contributed by atoms with Crippen molar-refractivity contribution < 1.29 is 0 Å². The average Bonchev–Trinajstić information content (AvgIpc) is 2.37. The van der Waals surface area contributed by atoms with Crippen molar-refractivity contribution in [2.75, 3.05) is 18.0 Å². The van der Waals surface area contributed by atoms with Crippen molar-refractivity contribution in [2.45, 2.75) is 52.6 Å². The lowest BCUT2D eigenvalue weighted by molar-refractivity contribution is 0.566. The molecule has 0 atom stereocenters. The summed E-state index contributed by atoms with van der Waals surface area (Å²) in [6.45, 7) is 10.0. The molecular formula is C16H26N2. The van der Waals surface area contributed by atoms with Gasteiger partial charge in [-0.25, -0.2) is 0 Å². The quantitative estimate of drug-likeness (QED) is 0.875. The van der Waals surface area contributed by atoms with Gasteiger partial charge in [0.2, 0.25) is 0 Å². The zero-order chi connectivity index (χ0) is 13.0. The molecule has 0 radical (unpaired) electrons. The van der Waals surface area contributed by atoms with Gasteiger partial charge in [0.25, 0.3) is 0 Å². The van der Waals surface area contributed by atoms with Crippen molar-refractivity contribution in [1.82, 2.24) is 5.32 Å². The second-order valence-electron chi connectivity index (χ2n) is 5.72. The zero-order valence-electron chi connectivity index (χ0n) is 12.0. The van der Waals surface area contributed by atoms with E-state index in [-0.39, 0.29) is 0 Å². The molecule has 0 unspecified atom stereocenters. The fourth-order valence-electron chi connectivity index (χ4n) is 2.61. The summed E-state index contributed by atoms with van der Waals surface area (Å²) in [7, 11) is 0. The highest BCUT2D eigenvalue weighted by molar-refractivity contribution is 5.55. The Labute approximate surface area is 111 Å². The number of rotatable bonds is 4. The maximum absolute atomic E-state index is 3.54. The van der Waals surface area contributed by atoms with Crippen LogP contribution in [0, 0.1) is 6.92 Å². The maximum Gasteiger partial charge on any atom is 0.0412 e. The molecule has 0 aliphatic carbocycles. The van der Waals surface area contributed by atoms with Gasteiger partial charge in [-0.1, -0.05) is 31.5 Å². The highest BCUT2D eigenvalue weighted by Crippen LogP contribution is 2.25. The molecule has 1 aliphatic heterocycles. The van der Waals surface area contributed by atoms with Crippen molar-refractivity contribution in [1.29, 1.82) is 0 Å². The standard InChI is InChI=1S/C16H26N2/c1-13(2)17-12-15-11-14(3)7-8-16(15)18-9-5-4-6-10-18/h7-8,11,13,17H,4-6,9-10,12H2,1-3H3. The van der Waals surface area contributed by atoms with Crippen molar-refractivity contribution in [2.24, 2.45) is 0 Å². The number of piperidine rings is 1. The Balaban J connectivity index is 2.16. The molecule has 1 fully saturated rings. The molecule has 2 nitrogen and oxygen atoms in total. The first kappa shape index (κ1) is 13.4. The fourth-order valence-corrected chi connectivity index (χ4v) is 2.61. The van der Waals surface area contributed by atoms with E-state index in [0.29, 0.717) is 6.04 Å². The molecule has 2 rings (SSSR count). The van der Waals surface area contributed by atoms with Crippen LogP contribution in [0.3, 0.4) is 0 Å². The molecule has 0 amide bonds. The predicted octanol–water partition coefficient (Wildman–Crippen LogP) is 3.48. The first-order valence-corrected chi connectivity index (χ1v) is 7.24. The molecule has 1 heterocycles. The van der Waals surface area contributed by atoms with Crippen LogP contribution in [0.5, 0.6) is 0 Å². The summed E-state index contributed by atoms with van der Waals surface area (Å²) < 4.78 is 0. The molecule has 0 aromatic heterocycles. The molecule has 2 heteroatoms. The maximum atomic E-state index is 3.54. The van der Waals surface area contributed by atoms with E-state index in [2.05, 4.69) is 49.2 Å². The van der Waals surface area contributed by atoms with Gasteiger partial charge in [0, 0.05) is 31.4 Å². The molecule has 1 aromatic rings. The molecule has 1 saturated heterocycles. The van der Waals surface area contributed by atoms with Crippen LogP contribution in [0.4, 0.5) is 5.69 Å². The second-order valence-corrected chi connectivity index (χ2v) is 5.72. The fraction of sp³-hybridized carbons (Fsp3) is 0.625. The lowest BCUT2D eigenvalue weighted by Crippen LogP contribution is -2.31. The van der Waals surface area contributed by atoms with Gasteiger partial charge in [-0.05, 0) is 37.8 Å². The Hall–Kier alpha value is -1.02. The van der Waals surface area contributed by atoms with Gasteiger partial charge in [0.15, 0.2) is 0 Å². The van der Waals surface area contributed by atoms with Crippen molar-refractivity contribution in [3.63, 3.8) is 0 Å². The second kappa shape index (κ2) is 6.24. The summed E-state index contributed by atoms with van der Waals surface area (Å²) in [4.78, 5) is 2.56. The highest BCUT2D eigenvalue weighted by atomic mass is 15.1. The minimum atomic E-state index is 0.541. The molecular weight excluding hydrogens is 220 g/mol. The Morgan fingerprint density at radius 2 is 1.89 bits per heavy atom. The highest BCUT2D eigenvalue weighted by Gasteiger charge is 2.14. The topological polar surface area (TPSA) is 15.3 Å². The summed E-state index contributed by atoms with van der Waals surface area (Å²) in [6, 6.07) is 7.42. The molecule has 18 heavy (non-hydrogen) atoms. The van der Waals surface area contributed by atoms with Crippen LogP contribution in [0.2, 0.25) is 0 Å². The van der Waals surface area contributed by atoms with Crippen LogP contribution in [-0.2, 0) is 6.54 Å². The third-order valence-electron chi connectivity index (χ3n) is 3.63. The number of anilines is 1. The summed E-state index contributed by atoms with van der Waals surface area (Å²) in [5.41, 5.74) is 4.25. The van der Waals surface area contributed by atoms with E-state index < -0.39 is 0 Å². The normalized spacial score (nSPS) is 16.3. The summed E-state index contributed by atoms with van der Waals surface area (Å²) >= 11 is 0. The van der Waals surface area contributed by atoms with E-state index >= 15 is 0 Å². The Morgan fingerprint density at radius 1 is 1.17 bits per heavy atom. The van der Waals surface area contributed by atoms with E-state index in [1.165, 1.54) is 49.2 Å². The number of hydrogen-bond donors (Lipinski definition) is 1. The van der Waals surface area contributed by atoms with Crippen LogP contribution in [0.25, 0.3) is 0 Å². The van der Waals surface area contributed by atoms with Crippen LogP contribution in [0.15, 0.2) is 18.2 Å².